The molecule has 0 saturated carbocycles. The summed E-state index contributed by atoms with van der Waals surface area (Å²) >= 11 is 0. The van der Waals surface area contributed by atoms with Crippen LogP contribution >= 0.6 is 0 Å². The lowest BCUT2D eigenvalue weighted by molar-refractivity contribution is -0.134. The van der Waals surface area contributed by atoms with Crippen molar-refractivity contribution in [3.63, 3.8) is 0 Å². The van der Waals surface area contributed by atoms with E-state index in [0.29, 0.717) is 38.2 Å². The van der Waals surface area contributed by atoms with Gasteiger partial charge in [0, 0.05) is 19.5 Å². The molecule has 0 bridgehead atoms. The number of amides is 1. The maximum absolute atomic E-state index is 14.2. The number of benzene rings is 2. The summed E-state index contributed by atoms with van der Waals surface area (Å²) in [5, 5.41) is 6.47. The fraction of sp³-hybridized carbons (Fsp3) is 0.318. The highest BCUT2D eigenvalue weighted by atomic mass is 19.1. The number of H-pyrrole nitrogens is 1. The molecule has 0 unspecified atom stereocenters. The van der Waals surface area contributed by atoms with E-state index in [1.54, 1.807) is 29.2 Å². The van der Waals surface area contributed by atoms with Crippen LogP contribution in [-0.4, -0.2) is 45.3 Å². The van der Waals surface area contributed by atoms with E-state index in [1.807, 2.05) is 0 Å². The molecule has 0 radical (unpaired) electrons. The lowest BCUT2D eigenvalue weighted by Crippen LogP contribution is -2.41. The number of hydrogen-bond donors (Lipinski definition) is 1. The van der Waals surface area contributed by atoms with Crippen LogP contribution in [0.5, 0.6) is 5.75 Å². The lowest BCUT2D eigenvalue weighted by Gasteiger charge is -2.31. The Morgan fingerprint density at radius 2 is 1.74 bits per heavy atom. The van der Waals surface area contributed by atoms with Crippen LogP contribution in [0, 0.1) is 17.6 Å². The van der Waals surface area contributed by atoms with Crippen molar-refractivity contribution < 1.29 is 18.3 Å². The Balaban J connectivity index is 1.34. The van der Waals surface area contributed by atoms with Crippen LogP contribution in [0.2, 0.25) is 0 Å². The number of hydrogen-bond acceptors (Lipinski definition) is 4. The second kappa shape index (κ2) is 9.11. The molecule has 7 nitrogen and oxygen atoms in total. The van der Waals surface area contributed by atoms with E-state index in [9.17, 15) is 18.4 Å². The van der Waals surface area contributed by atoms with Gasteiger partial charge in [-0.15, -0.1) is 0 Å². The van der Waals surface area contributed by atoms with E-state index in [-0.39, 0.29) is 29.9 Å². The molecule has 1 amide bonds. The zero-order chi connectivity index (χ0) is 21.8. The molecule has 1 fully saturated rings. The van der Waals surface area contributed by atoms with Gasteiger partial charge in [0.25, 0.3) is 5.91 Å². The molecule has 3 aromatic rings. The lowest BCUT2D eigenvalue weighted by atomic mass is 9.93. The first kappa shape index (κ1) is 20.8. The standard InChI is InChI=1S/C22H22F2N4O3/c23-16-5-1-3-7-18(16)28-20(25-26-22(28)30)13-15-9-11-27(12-10-15)21(29)14-31-19-8-4-2-6-17(19)24/h1-8,15H,9-14H2,(H,26,30). The van der Waals surface area contributed by atoms with E-state index in [0.717, 1.165) is 0 Å². The minimum Gasteiger partial charge on any atom is -0.481 e. The van der Waals surface area contributed by atoms with Crippen molar-refractivity contribution in [2.75, 3.05) is 19.7 Å². The molecule has 2 aromatic carbocycles. The first-order valence-corrected chi connectivity index (χ1v) is 10.1. The molecule has 4 rings (SSSR count). The van der Waals surface area contributed by atoms with Crippen LogP contribution in [0.3, 0.4) is 0 Å². The van der Waals surface area contributed by atoms with Gasteiger partial charge >= 0.3 is 5.69 Å². The van der Waals surface area contributed by atoms with Gasteiger partial charge in [0.05, 0.1) is 5.69 Å². The van der Waals surface area contributed by atoms with Gasteiger partial charge in [-0.1, -0.05) is 24.3 Å². The number of para-hydroxylation sites is 2. The van der Waals surface area contributed by atoms with Gasteiger partial charge in [0.1, 0.15) is 11.6 Å². The summed E-state index contributed by atoms with van der Waals surface area (Å²) in [5.41, 5.74) is -0.327. The predicted octanol–water partition coefficient (Wildman–Crippen LogP) is 2.70. The van der Waals surface area contributed by atoms with E-state index < -0.39 is 17.3 Å². The summed E-state index contributed by atoms with van der Waals surface area (Å²) in [4.78, 5) is 26.3. The summed E-state index contributed by atoms with van der Waals surface area (Å²) in [6.45, 7) is 0.828. The number of ether oxygens (including phenoxy) is 1. The number of carbonyl (C=O) groups excluding carboxylic acids is 1. The zero-order valence-corrected chi connectivity index (χ0v) is 16.8. The molecule has 0 aliphatic carbocycles. The number of likely N-dealkylation sites (tertiary alicyclic amines) is 1. The van der Waals surface area contributed by atoms with E-state index in [2.05, 4.69) is 10.2 Å². The van der Waals surface area contributed by atoms with E-state index >= 15 is 0 Å². The largest absolute Gasteiger partial charge is 0.481 e. The molecule has 1 aliphatic rings. The van der Waals surface area contributed by atoms with Gasteiger partial charge in [-0.05, 0) is 43.0 Å². The molecule has 31 heavy (non-hydrogen) atoms. The molecule has 1 aliphatic heterocycles. The smallest absolute Gasteiger partial charge is 0.348 e. The molecule has 162 valence electrons. The number of piperidine rings is 1. The number of aromatic nitrogens is 3. The number of aromatic amines is 1. The monoisotopic (exact) mass is 428 g/mol. The Kier molecular flexibility index (Phi) is 6.11. The molecule has 2 heterocycles. The molecular weight excluding hydrogens is 406 g/mol. The summed E-state index contributed by atoms with van der Waals surface area (Å²) in [6, 6.07) is 12.0. The molecule has 1 N–H and O–H groups in total. The zero-order valence-electron chi connectivity index (χ0n) is 16.8. The second-order valence-corrected chi connectivity index (χ2v) is 7.48. The number of nitrogens with zero attached hydrogens (tertiary/aromatic N) is 3. The quantitative estimate of drug-likeness (QED) is 0.655. The average molecular weight is 428 g/mol. The van der Waals surface area contributed by atoms with Crippen molar-refractivity contribution >= 4 is 5.91 Å². The van der Waals surface area contributed by atoms with Crippen molar-refractivity contribution in [3.8, 4) is 11.4 Å². The van der Waals surface area contributed by atoms with Gasteiger partial charge in [-0.3, -0.25) is 4.79 Å². The summed E-state index contributed by atoms with van der Waals surface area (Å²) in [6.07, 6.45) is 1.91. The Bertz CT molecular complexity index is 1120. The summed E-state index contributed by atoms with van der Waals surface area (Å²) in [7, 11) is 0. The maximum Gasteiger partial charge on any atom is 0.348 e. The van der Waals surface area contributed by atoms with Crippen molar-refractivity contribution in [2.24, 2.45) is 5.92 Å². The highest BCUT2D eigenvalue weighted by Crippen LogP contribution is 2.23. The summed E-state index contributed by atoms with van der Waals surface area (Å²) in [5.74, 6) is -0.503. The van der Waals surface area contributed by atoms with Crippen LogP contribution in [-0.2, 0) is 11.2 Å². The van der Waals surface area contributed by atoms with Gasteiger partial charge in [-0.25, -0.2) is 23.2 Å². The Morgan fingerprint density at radius 3 is 2.45 bits per heavy atom. The fourth-order valence-corrected chi connectivity index (χ4v) is 3.79. The first-order valence-electron chi connectivity index (χ1n) is 10.1. The topological polar surface area (TPSA) is 80.2 Å². The van der Waals surface area contributed by atoms with Crippen LogP contribution in [0.15, 0.2) is 53.3 Å². The van der Waals surface area contributed by atoms with Crippen molar-refractivity contribution in [3.05, 3.63) is 76.5 Å². The Hall–Kier alpha value is -3.49. The Morgan fingerprint density at radius 1 is 1.06 bits per heavy atom. The van der Waals surface area contributed by atoms with Gasteiger partial charge < -0.3 is 9.64 Å². The second-order valence-electron chi connectivity index (χ2n) is 7.48. The van der Waals surface area contributed by atoms with Crippen molar-refractivity contribution in [2.45, 2.75) is 19.3 Å². The molecule has 1 saturated heterocycles. The van der Waals surface area contributed by atoms with Crippen LogP contribution in [0.1, 0.15) is 18.7 Å². The van der Waals surface area contributed by atoms with Crippen LogP contribution in [0.25, 0.3) is 5.69 Å². The van der Waals surface area contributed by atoms with Gasteiger partial charge in [-0.2, -0.15) is 5.10 Å². The molecule has 0 atom stereocenters. The molecular formula is C22H22F2N4O3. The minimum atomic E-state index is -0.506. The minimum absolute atomic E-state index is 0.0513. The van der Waals surface area contributed by atoms with Crippen LogP contribution < -0.4 is 10.4 Å². The average Bonchev–Trinajstić information content (AvgIpc) is 3.13. The maximum atomic E-state index is 14.2. The van der Waals surface area contributed by atoms with Crippen molar-refractivity contribution in [1.29, 1.82) is 0 Å². The van der Waals surface area contributed by atoms with Crippen molar-refractivity contribution in [1.82, 2.24) is 19.7 Å². The molecule has 1 aromatic heterocycles. The third-order valence-electron chi connectivity index (χ3n) is 5.46. The highest BCUT2D eigenvalue weighted by Gasteiger charge is 2.25. The predicted molar refractivity (Wildman–Crippen MR) is 109 cm³/mol. The highest BCUT2D eigenvalue weighted by molar-refractivity contribution is 5.77. The number of halogens is 2. The van der Waals surface area contributed by atoms with E-state index in [4.69, 9.17) is 4.74 Å². The number of nitrogens with one attached hydrogen (secondary N) is 1. The third-order valence-corrected chi connectivity index (χ3v) is 5.46. The first-order chi connectivity index (χ1) is 15.0. The van der Waals surface area contributed by atoms with Gasteiger partial charge in [0.2, 0.25) is 0 Å². The third kappa shape index (κ3) is 4.65. The SMILES string of the molecule is O=C(COc1ccccc1F)N1CCC(Cc2n[nH]c(=O)n2-c2ccccc2F)CC1. The number of carbonyl (C=O) groups is 1. The van der Waals surface area contributed by atoms with Gasteiger partial charge in [0.15, 0.2) is 18.2 Å². The van der Waals surface area contributed by atoms with Crippen LogP contribution in [0.4, 0.5) is 8.78 Å². The Labute approximate surface area is 177 Å². The normalized spacial score (nSPS) is 14.6. The fourth-order valence-electron chi connectivity index (χ4n) is 3.79. The number of rotatable bonds is 6. The molecule has 0 spiro atoms. The molecule has 9 heteroatoms. The van der Waals surface area contributed by atoms with E-state index in [1.165, 1.54) is 28.8 Å². The summed E-state index contributed by atoms with van der Waals surface area (Å²) < 4.78 is 34.3.